The van der Waals surface area contributed by atoms with Gasteiger partial charge in [0.25, 0.3) is 5.91 Å². The summed E-state index contributed by atoms with van der Waals surface area (Å²) in [4.78, 5) is 25.0. The maximum absolute atomic E-state index is 12.7. The van der Waals surface area contributed by atoms with Crippen LogP contribution in [0.15, 0.2) is 67.0 Å². The van der Waals surface area contributed by atoms with Gasteiger partial charge in [0, 0.05) is 6.20 Å². The number of carbonyl (C=O) groups is 2. The van der Waals surface area contributed by atoms with Crippen LogP contribution in [0.1, 0.15) is 28.9 Å². The van der Waals surface area contributed by atoms with Crippen molar-refractivity contribution in [3.63, 3.8) is 0 Å². The van der Waals surface area contributed by atoms with E-state index in [0.29, 0.717) is 16.3 Å². The monoisotopic (exact) mass is 382 g/mol. The van der Waals surface area contributed by atoms with Crippen molar-refractivity contribution >= 4 is 29.1 Å². The van der Waals surface area contributed by atoms with Gasteiger partial charge in [-0.3, -0.25) is 14.3 Å². The highest BCUT2D eigenvalue weighted by Gasteiger charge is 2.16. The molecule has 0 saturated carbocycles. The third kappa shape index (κ3) is 4.95. The maximum atomic E-state index is 12.7. The number of para-hydroxylation sites is 1. The molecule has 6 nitrogen and oxygen atoms in total. The van der Waals surface area contributed by atoms with E-state index in [0.717, 1.165) is 5.56 Å². The van der Waals surface area contributed by atoms with Crippen LogP contribution in [0.5, 0.6) is 0 Å². The van der Waals surface area contributed by atoms with Crippen LogP contribution in [0.4, 0.5) is 5.69 Å². The summed E-state index contributed by atoms with van der Waals surface area (Å²) >= 11 is 5.80. The van der Waals surface area contributed by atoms with Crippen LogP contribution in [0.3, 0.4) is 0 Å². The molecule has 1 heterocycles. The lowest BCUT2D eigenvalue weighted by molar-refractivity contribution is -0.116. The molecule has 27 heavy (non-hydrogen) atoms. The van der Waals surface area contributed by atoms with Gasteiger partial charge in [-0.1, -0.05) is 54.1 Å². The quantitative estimate of drug-likeness (QED) is 0.683. The van der Waals surface area contributed by atoms with Crippen molar-refractivity contribution < 1.29 is 9.59 Å². The van der Waals surface area contributed by atoms with Gasteiger partial charge in [0.05, 0.1) is 28.5 Å². The average Bonchev–Trinajstić information content (AvgIpc) is 3.07. The number of benzene rings is 2. The summed E-state index contributed by atoms with van der Waals surface area (Å²) in [6.07, 6.45) is 3.02. The molecule has 0 aliphatic carbocycles. The topological polar surface area (TPSA) is 76.0 Å². The number of aromatic nitrogens is 2. The average molecular weight is 383 g/mol. The van der Waals surface area contributed by atoms with Crippen molar-refractivity contribution in [1.29, 1.82) is 0 Å². The molecule has 138 valence electrons. The van der Waals surface area contributed by atoms with E-state index in [2.05, 4.69) is 15.7 Å². The van der Waals surface area contributed by atoms with Crippen molar-refractivity contribution in [2.45, 2.75) is 19.5 Å². The molecule has 0 spiro atoms. The number of anilines is 1. The highest BCUT2D eigenvalue weighted by Crippen LogP contribution is 2.18. The van der Waals surface area contributed by atoms with E-state index in [1.165, 1.54) is 10.9 Å². The molecule has 1 aromatic heterocycles. The van der Waals surface area contributed by atoms with Gasteiger partial charge in [-0.05, 0) is 24.6 Å². The Morgan fingerprint density at radius 2 is 1.81 bits per heavy atom. The molecule has 1 atom stereocenters. The Balaban J connectivity index is 1.69. The minimum atomic E-state index is -0.300. The van der Waals surface area contributed by atoms with Gasteiger partial charge in [-0.2, -0.15) is 5.10 Å². The minimum absolute atomic E-state index is 0.00307. The third-order valence-corrected chi connectivity index (χ3v) is 4.20. The lowest BCUT2D eigenvalue weighted by Gasteiger charge is -2.16. The number of hydrogen-bond acceptors (Lipinski definition) is 3. The van der Waals surface area contributed by atoms with Gasteiger partial charge in [0.2, 0.25) is 5.91 Å². The molecule has 2 N–H and O–H groups in total. The van der Waals surface area contributed by atoms with E-state index >= 15 is 0 Å². The lowest BCUT2D eigenvalue weighted by Crippen LogP contribution is -2.28. The molecule has 0 saturated heterocycles. The van der Waals surface area contributed by atoms with Crippen molar-refractivity contribution in [3.8, 4) is 0 Å². The Morgan fingerprint density at radius 3 is 2.52 bits per heavy atom. The van der Waals surface area contributed by atoms with Crippen molar-refractivity contribution in [2.75, 3.05) is 5.32 Å². The fourth-order valence-corrected chi connectivity index (χ4v) is 2.81. The number of nitrogens with one attached hydrogen (secondary N) is 2. The van der Waals surface area contributed by atoms with Crippen LogP contribution in [-0.4, -0.2) is 21.6 Å². The van der Waals surface area contributed by atoms with Gasteiger partial charge in [0.15, 0.2) is 0 Å². The van der Waals surface area contributed by atoms with Crippen LogP contribution >= 0.6 is 11.6 Å². The smallest absolute Gasteiger partial charge is 0.253 e. The molecule has 2 amide bonds. The summed E-state index contributed by atoms with van der Waals surface area (Å²) in [6.45, 7) is 1.92. The van der Waals surface area contributed by atoms with Crippen molar-refractivity contribution in [2.24, 2.45) is 0 Å². The second kappa shape index (κ2) is 8.51. The number of amides is 2. The Kier molecular flexibility index (Phi) is 5.88. The molecule has 1 unspecified atom stereocenters. The predicted molar refractivity (Wildman–Crippen MR) is 105 cm³/mol. The Hall–Kier alpha value is -3.12. The Morgan fingerprint density at radius 1 is 1.11 bits per heavy atom. The fraction of sp³-hybridized carbons (Fsp3) is 0.150. The second-order valence-electron chi connectivity index (χ2n) is 6.06. The van der Waals surface area contributed by atoms with Gasteiger partial charge in [-0.15, -0.1) is 0 Å². The van der Waals surface area contributed by atoms with Gasteiger partial charge in [0.1, 0.15) is 6.54 Å². The zero-order valence-electron chi connectivity index (χ0n) is 14.7. The Bertz CT molecular complexity index is 940. The standard InChI is InChI=1S/C20H19ClN4O2/c1-14(15-7-3-2-4-8-15)23-20(27)17-9-5-6-10-18(17)24-19(26)13-25-12-16(21)11-22-25/h2-12,14H,13H2,1H3,(H,23,27)(H,24,26). The van der Waals surface area contributed by atoms with Crippen LogP contribution in [0.25, 0.3) is 0 Å². The van der Waals surface area contributed by atoms with Crippen molar-refractivity contribution in [1.82, 2.24) is 15.1 Å². The third-order valence-electron chi connectivity index (χ3n) is 4.00. The first kappa shape index (κ1) is 18.7. The number of halogens is 1. The summed E-state index contributed by atoms with van der Waals surface area (Å²) < 4.78 is 1.43. The summed E-state index contributed by atoms with van der Waals surface area (Å²) in [7, 11) is 0. The first-order valence-corrected chi connectivity index (χ1v) is 8.83. The first-order valence-electron chi connectivity index (χ1n) is 8.45. The Labute approximate surface area is 162 Å². The molecule has 3 aromatic rings. The van der Waals surface area contributed by atoms with E-state index in [-0.39, 0.29) is 24.4 Å². The summed E-state index contributed by atoms with van der Waals surface area (Å²) in [5, 5.41) is 10.1. The van der Waals surface area contributed by atoms with Gasteiger partial charge < -0.3 is 10.6 Å². The fourth-order valence-electron chi connectivity index (χ4n) is 2.65. The van der Waals surface area contributed by atoms with E-state index in [4.69, 9.17) is 11.6 Å². The van der Waals surface area contributed by atoms with E-state index < -0.39 is 0 Å². The van der Waals surface area contributed by atoms with Crippen LogP contribution < -0.4 is 10.6 Å². The van der Waals surface area contributed by atoms with Crippen LogP contribution in [0.2, 0.25) is 5.02 Å². The van der Waals surface area contributed by atoms with Crippen LogP contribution in [-0.2, 0) is 11.3 Å². The minimum Gasteiger partial charge on any atom is -0.345 e. The van der Waals surface area contributed by atoms with Crippen molar-refractivity contribution in [3.05, 3.63) is 83.1 Å². The molecular formula is C20H19ClN4O2. The largest absolute Gasteiger partial charge is 0.345 e. The summed E-state index contributed by atoms with van der Waals surface area (Å²) in [6, 6.07) is 16.4. The van der Waals surface area contributed by atoms with E-state index in [1.807, 2.05) is 37.3 Å². The summed E-state index contributed by atoms with van der Waals surface area (Å²) in [5.41, 5.74) is 1.84. The predicted octanol–water partition coefficient (Wildman–Crippen LogP) is 3.67. The van der Waals surface area contributed by atoms with E-state index in [9.17, 15) is 9.59 Å². The molecule has 7 heteroatoms. The normalized spacial score (nSPS) is 11.6. The number of rotatable bonds is 6. The number of nitrogens with zero attached hydrogens (tertiary/aromatic N) is 2. The number of hydrogen-bond donors (Lipinski definition) is 2. The van der Waals surface area contributed by atoms with E-state index in [1.54, 1.807) is 30.5 Å². The summed E-state index contributed by atoms with van der Waals surface area (Å²) in [5.74, 6) is -0.560. The molecule has 0 fully saturated rings. The van der Waals surface area contributed by atoms with Gasteiger partial charge in [-0.25, -0.2) is 0 Å². The SMILES string of the molecule is CC(NC(=O)c1ccccc1NC(=O)Cn1cc(Cl)cn1)c1ccccc1. The van der Waals surface area contributed by atoms with Gasteiger partial charge >= 0.3 is 0 Å². The highest BCUT2D eigenvalue weighted by atomic mass is 35.5. The molecule has 0 aliphatic rings. The molecule has 0 radical (unpaired) electrons. The number of carbonyl (C=O) groups excluding carboxylic acids is 2. The second-order valence-corrected chi connectivity index (χ2v) is 6.49. The lowest BCUT2D eigenvalue weighted by atomic mass is 10.1. The molecular weight excluding hydrogens is 364 g/mol. The molecule has 0 bridgehead atoms. The zero-order valence-corrected chi connectivity index (χ0v) is 15.5. The maximum Gasteiger partial charge on any atom is 0.253 e. The first-order chi connectivity index (χ1) is 13.0. The zero-order chi connectivity index (χ0) is 19.2. The molecule has 3 rings (SSSR count). The molecule has 0 aliphatic heterocycles. The molecule has 2 aromatic carbocycles. The van der Waals surface area contributed by atoms with Crippen LogP contribution in [0, 0.1) is 0 Å². The highest BCUT2D eigenvalue weighted by molar-refractivity contribution is 6.30.